The number of quaternary nitrogens is 3. The van der Waals surface area contributed by atoms with Gasteiger partial charge in [0.25, 0.3) is 0 Å². The van der Waals surface area contributed by atoms with Crippen LogP contribution in [0.4, 0.5) is 0 Å². The quantitative estimate of drug-likeness (QED) is 0.0571. The highest BCUT2D eigenvalue weighted by atomic mass is 32.2. The van der Waals surface area contributed by atoms with E-state index in [0.29, 0.717) is 39.0 Å². The van der Waals surface area contributed by atoms with Gasteiger partial charge in [0.15, 0.2) is 17.5 Å². The van der Waals surface area contributed by atoms with Crippen LogP contribution in [-0.2, 0) is 55.9 Å². The fourth-order valence-electron chi connectivity index (χ4n) is 4.29. The molecule has 60 heavy (non-hydrogen) atoms. The standard InChI is InChI=1S/C21H33N3O6.3C6H6O3S/c1-2-3-12-28-21(27)16(24)13-15-8-9-17(29-19(25)6-4-10-22)18(14-15)30-20(26)7-5-11-23;3*7-10(8,9)6-4-2-1-3-5-6/h8-9,14,16H,2-7,10-13,22-24H2,1H3;3*1-5H,(H,7,8,9). The molecule has 330 valence electrons. The number of unbranched alkanes of at least 4 members (excludes halogenated alkanes) is 1. The normalized spacial score (nSPS) is 11.4. The summed E-state index contributed by atoms with van der Waals surface area (Å²) in [5.74, 6) is -0.911. The van der Waals surface area contributed by atoms with Crippen molar-refractivity contribution in [2.45, 2.75) is 72.6 Å². The molecule has 18 nitrogen and oxygen atoms in total. The molecule has 0 aliphatic carbocycles. The van der Waals surface area contributed by atoms with Crippen molar-refractivity contribution in [1.82, 2.24) is 0 Å². The summed E-state index contributed by atoms with van der Waals surface area (Å²) >= 11 is 0. The zero-order valence-electron chi connectivity index (χ0n) is 33.0. The topological polar surface area (TPSA) is 333 Å². The van der Waals surface area contributed by atoms with E-state index in [1.807, 2.05) is 6.92 Å². The number of carbonyl (C=O) groups is 3. The van der Waals surface area contributed by atoms with Gasteiger partial charge in [-0.05, 0) is 60.5 Å². The molecular formula is C39H51N3O15S3. The summed E-state index contributed by atoms with van der Waals surface area (Å²) in [6.45, 7) is 3.63. The summed E-state index contributed by atoms with van der Waals surface area (Å²) < 4.78 is 108. The summed E-state index contributed by atoms with van der Waals surface area (Å²) in [6.07, 6.45) is 3.70. The lowest BCUT2D eigenvalue weighted by molar-refractivity contribution is -0.407. The Labute approximate surface area is 350 Å². The number of ether oxygens (including phenoxy) is 3. The number of benzene rings is 4. The van der Waals surface area contributed by atoms with Crippen molar-refractivity contribution in [3.05, 3.63) is 115 Å². The monoisotopic (exact) mass is 897 g/mol. The summed E-state index contributed by atoms with van der Waals surface area (Å²) in [4.78, 5) is 35.6. The molecule has 21 heteroatoms. The maximum atomic E-state index is 12.1. The average Bonchev–Trinajstić information content (AvgIpc) is 3.21. The molecule has 0 amide bonds. The average molecular weight is 898 g/mol. The molecule has 0 bridgehead atoms. The molecule has 9 N–H and O–H groups in total. The SMILES string of the molecule is CCCCOC(=O)C([NH3+])Cc1ccc(OC(=O)CCC[NH3+])c(OC(=O)CCC[NH3+])c1.O=S(=O)([O-])c1ccccc1.O=S(=O)([O-])c1ccccc1.O=S(=O)([O-])c1ccccc1. The van der Waals surface area contributed by atoms with Crippen molar-refractivity contribution in [2.75, 3.05) is 19.7 Å². The summed E-state index contributed by atoms with van der Waals surface area (Å²) in [5.41, 5.74) is 12.0. The van der Waals surface area contributed by atoms with Gasteiger partial charge in [0.1, 0.15) is 30.4 Å². The van der Waals surface area contributed by atoms with Crippen molar-refractivity contribution < 1.29 is 84.7 Å². The Hall–Kier alpha value is -5.10. The van der Waals surface area contributed by atoms with E-state index in [1.165, 1.54) is 72.8 Å². The molecule has 4 rings (SSSR count). The van der Waals surface area contributed by atoms with Gasteiger partial charge in [0, 0.05) is 19.3 Å². The van der Waals surface area contributed by atoms with E-state index in [1.54, 1.807) is 36.4 Å². The smallest absolute Gasteiger partial charge is 0.365 e. The van der Waals surface area contributed by atoms with Gasteiger partial charge in [-0.1, -0.05) is 74.0 Å². The van der Waals surface area contributed by atoms with Gasteiger partial charge in [-0.25, -0.2) is 30.0 Å². The first-order chi connectivity index (χ1) is 28.2. The molecule has 1 atom stereocenters. The Balaban J connectivity index is 0.000000480. The maximum Gasteiger partial charge on any atom is 0.365 e. The maximum absolute atomic E-state index is 12.1. The van der Waals surface area contributed by atoms with Crippen LogP contribution >= 0.6 is 0 Å². The molecule has 0 aromatic heterocycles. The first-order valence-electron chi connectivity index (χ1n) is 18.4. The molecule has 4 aromatic carbocycles. The number of esters is 3. The number of hydrogen-bond donors (Lipinski definition) is 3. The summed E-state index contributed by atoms with van der Waals surface area (Å²) in [7, 11) is -12.8. The van der Waals surface area contributed by atoms with Gasteiger partial charge >= 0.3 is 17.9 Å². The second-order valence-electron chi connectivity index (χ2n) is 12.4. The van der Waals surface area contributed by atoms with Crippen molar-refractivity contribution >= 4 is 48.3 Å². The van der Waals surface area contributed by atoms with E-state index < -0.39 is 48.3 Å². The molecule has 0 aliphatic heterocycles. The third-order valence-electron chi connectivity index (χ3n) is 7.37. The Bertz CT molecular complexity index is 2070. The predicted molar refractivity (Wildman–Crippen MR) is 211 cm³/mol. The van der Waals surface area contributed by atoms with E-state index in [9.17, 15) is 53.3 Å². The third-order valence-corrected chi connectivity index (χ3v) is 9.92. The Morgan fingerprint density at radius 2 is 0.967 bits per heavy atom. The van der Waals surface area contributed by atoms with Gasteiger partial charge in [0.2, 0.25) is 0 Å². The second kappa shape index (κ2) is 27.6. The molecule has 0 aliphatic rings. The van der Waals surface area contributed by atoms with E-state index in [-0.39, 0.29) is 45.0 Å². The molecule has 4 aromatic rings. The van der Waals surface area contributed by atoms with Crippen molar-refractivity contribution in [2.24, 2.45) is 0 Å². The number of hydrogen-bond acceptors (Lipinski definition) is 15. The molecular weight excluding hydrogens is 847 g/mol. The zero-order valence-corrected chi connectivity index (χ0v) is 35.5. The molecule has 1 unspecified atom stereocenters. The van der Waals surface area contributed by atoms with E-state index >= 15 is 0 Å². The molecule has 0 saturated carbocycles. The van der Waals surface area contributed by atoms with Gasteiger partial charge in [-0.3, -0.25) is 9.59 Å². The molecule has 0 radical (unpaired) electrons. The molecule has 0 heterocycles. The lowest BCUT2D eigenvalue weighted by Gasteiger charge is -2.13. The third kappa shape index (κ3) is 22.9. The Morgan fingerprint density at radius 1 is 0.583 bits per heavy atom. The van der Waals surface area contributed by atoms with Gasteiger partial charge < -0.3 is 45.1 Å². The Kier molecular flexibility index (Phi) is 24.4. The molecule has 0 saturated heterocycles. The van der Waals surface area contributed by atoms with E-state index in [4.69, 9.17) is 14.2 Å². The van der Waals surface area contributed by atoms with Crippen molar-refractivity contribution in [3.63, 3.8) is 0 Å². The molecule has 0 spiro atoms. The van der Waals surface area contributed by atoms with Crippen LogP contribution < -0.4 is 26.7 Å². The number of carbonyl (C=O) groups excluding carboxylic acids is 3. The predicted octanol–water partition coefficient (Wildman–Crippen LogP) is 0.810. The van der Waals surface area contributed by atoms with Crippen molar-refractivity contribution in [1.29, 1.82) is 0 Å². The second-order valence-corrected chi connectivity index (χ2v) is 16.5. The number of rotatable bonds is 17. The first kappa shape index (κ1) is 52.9. The lowest BCUT2D eigenvalue weighted by atomic mass is 10.1. The first-order valence-corrected chi connectivity index (χ1v) is 22.6. The van der Waals surface area contributed by atoms with Crippen LogP contribution in [0.15, 0.2) is 124 Å². The minimum atomic E-state index is -4.25. The van der Waals surface area contributed by atoms with Crippen LogP contribution in [0.25, 0.3) is 0 Å². The molecule has 0 fully saturated rings. The van der Waals surface area contributed by atoms with Crippen LogP contribution in [-0.4, -0.2) is 82.6 Å². The highest BCUT2D eigenvalue weighted by molar-refractivity contribution is 7.86. The highest BCUT2D eigenvalue weighted by Gasteiger charge is 2.22. The zero-order chi connectivity index (χ0) is 45.2. The van der Waals surface area contributed by atoms with Crippen molar-refractivity contribution in [3.8, 4) is 11.5 Å². The van der Waals surface area contributed by atoms with Gasteiger partial charge in [-0.15, -0.1) is 0 Å². The lowest BCUT2D eigenvalue weighted by Crippen LogP contribution is -2.66. The van der Waals surface area contributed by atoms with Crippen LogP contribution in [0.2, 0.25) is 0 Å². The highest BCUT2D eigenvalue weighted by Crippen LogP contribution is 2.30. The largest absolute Gasteiger partial charge is 0.744 e. The van der Waals surface area contributed by atoms with Gasteiger partial charge in [-0.2, -0.15) is 0 Å². The fourth-order valence-corrected chi connectivity index (χ4v) is 5.77. The summed E-state index contributed by atoms with van der Waals surface area (Å²) in [5, 5.41) is 0. The van der Waals surface area contributed by atoms with E-state index in [2.05, 4.69) is 17.2 Å². The Morgan fingerprint density at radius 3 is 1.30 bits per heavy atom. The minimum absolute atomic E-state index is 0.149. The summed E-state index contributed by atoms with van der Waals surface area (Å²) in [6, 6.07) is 25.9. The van der Waals surface area contributed by atoms with Crippen LogP contribution in [0, 0.1) is 0 Å². The van der Waals surface area contributed by atoms with Crippen LogP contribution in [0.3, 0.4) is 0 Å². The van der Waals surface area contributed by atoms with E-state index in [0.717, 1.165) is 18.4 Å². The minimum Gasteiger partial charge on any atom is -0.744 e. The van der Waals surface area contributed by atoms with Crippen LogP contribution in [0.1, 0.15) is 51.0 Å². The van der Waals surface area contributed by atoms with Crippen LogP contribution in [0.5, 0.6) is 11.5 Å². The van der Waals surface area contributed by atoms with Gasteiger partial charge in [0.05, 0.1) is 47.2 Å². The fraction of sp³-hybridized carbons (Fsp3) is 0.308.